The van der Waals surface area contributed by atoms with E-state index in [1.807, 2.05) is 54.6 Å². The van der Waals surface area contributed by atoms with Gasteiger partial charge in [-0.3, -0.25) is 13.9 Å². The van der Waals surface area contributed by atoms with Gasteiger partial charge in [0.2, 0.25) is 11.8 Å². The summed E-state index contributed by atoms with van der Waals surface area (Å²) in [6.45, 7) is 1.48. The summed E-state index contributed by atoms with van der Waals surface area (Å²) in [7, 11) is 1.21. The highest BCUT2D eigenvalue weighted by Crippen LogP contribution is 2.38. The first-order valence-electron chi connectivity index (χ1n) is 15.4. The van der Waals surface area contributed by atoms with Gasteiger partial charge in [-0.1, -0.05) is 58.4 Å². The first-order chi connectivity index (χ1) is 23.6. The van der Waals surface area contributed by atoms with Crippen molar-refractivity contribution in [1.82, 2.24) is 10.2 Å². The van der Waals surface area contributed by atoms with Crippen LogP contribution in [0.2, 0.25) is 0 Å². The van der Waals surface area contributed by atoms with Gasteiger partial charge in [0.05, 0.1) is 39.0 Å². The van der Waals surface area contributed by atoms with Crippen LogP contribution in [0.4, 0.5) is 5.69 Å². The quantitative estimate of drug-likeness (QED) is 0.160. The molecule has 0 aliphatic rings. The predicted molar refractivity (Wildman–Crippen MR) is 191 cm³/mol. The van der Waals surface area contributed by atoms with E-state index < -0.39 is 28.5 Å². The van der Waals surface area contributed by atoms with E-state index in [0.717, 1.165) is 19.9 Å². The van der Waals surface area contributed by atoms with Crippen LogP contribution in [0.5, 0.6) is 23.0 Å². The van der Waals surface area contributed by atoms with Gasteiger partial charge in [-0.05, 0) is 54.4 Å². The molecule has 0 bridgehead atoms. The molecule has 0 heterocycles. The number of hydrogen-bond donors (Lipinski definition) is 1. The Bertz CT molecular complexity index is 1840. The van der Waals surface area contributed by atoms with Crippen molar-refractivity contribution in [3.05, 3.63) is 107 Å². The number of nitrogens with zero attached hydrogens (tertiary/aromatic N) is 2. The van der Waals surface area contributed by atoms with Crippen molar-refractivity contribution in [2.45, 2.75) is 30.8 Å². The number of carbonyl (C=O) groups is 2. The maximum absolute atomic E-state index is 14.7. The SMILES string of the molecule is CCNC(=O)[C@H](Cc1ccccc1)N(Cc1ccc(Br)cc1)C(=O)CN(c1cc(OC)ccc1OC)S(=O)(=O)c1ccc(OC)c(OC)c1. The molecular formula is C36H40BrN3O8S. The van der Waals surface area contributed by atoms with Gasteiger partial charge >= 0.3 is 0 Å². The number of hydrogen-bond acceptors (Lipinski definition) is 8. The lowest BCUT2D eigenvalue weighted by atomic mass is 10.0. The molecule has 0 unspecified atom stereocenters. The van der Waals surface area contributed by atoms with Crippen LogP contribution in [-0.4, -0.2) is 72.7 Å². The minimum absolute atomic E-state index is 0.0280. The molecule has 13 heteroatoms. The zero-order chi connectivity index (χ0) is 35.6. The third-order valence-corrected chi connectivity index (χ3v) is 10.0. The number of halogens is 1. The fourth-order valence-corrected chi connectivity index (χ4v) is 6.94. The van der Waals surface area contributed by atoms with Crippen LogP contribution in [0.25, 0.3) is 0 Å². The Balaban J connectivity index is 1.89. The van der Waals surface area contributed by atoms with E-state index in [0.29, 0.717) is 18.0 Å². The summed E-state index contributed by atoms with van der Waals surface area (Å²) in [5, 5.41) is 2.86. The normalized spacial score (nSPS) is 11.6. The Labute approximate surface area is 295 Å². The molecule has 0 fully saturated rings. The van der Waals surface area contributed by atoms with Crippen LogP contribution < -0.4 is 28.6 Å². The molecule has 0 saturated heterocycles. The maximum atomic E-state index is 14.7. The number of rotatable bonds is 16. The minimum Gasteiger partial charge on any atom is -0.497 e. The number of likely N-dealkylation sites (N-methyl/N-ethyl adjacent to an activating group) is 1. The van der Waals surface area contributed by atoms with Gasteiger partial charge < -0.3 is 29.2 Å². The summed E-state index contributed by atoms with van der Waals surface area (Å²) >= 11 is 3.45. The molecule has 1 atom stereocenters. The van der Waals surface area contributed by atoms with Crippen LogP contribution >= 0.6 is 15.9 Å². The molecule has 2 amide bonds. The molecule has 0 aromatic heterocycles. The molecule has 4 aromatic carbocycles. The number of anilines is 1. The van der Waals surface area contributed by atoms with Gasteiger partial charge in [-0.15, -0.1) is 0 Å². The highest BCUT2D eigenvalue weighted by molar-refractivity contribution is 9.10. The third kappa shape index (κ3) is 9.04. The highest BCUT2D eigenvalue weighted by Gasteiger charge is 2.36. The molecule has 0 aliphatic heterocycles. The number of benzene rings is 4. The van der Waals surface area contributed by atoms with E-state index in [9.17, 15) is 18.0 Å². The van der Waals surface area contributed by atoms with Crippen LogP contribution in [0.15, 0.2) is 100 Å². The lowest BCUT2D eigenvalue weighted by molar-refractivity contribution is -0.140. The molecule has 0 saturated carbocycles. The summed E-state index contributed by atoms with van der Waals surface area (Å²) in [5.74, 6) is 0.0421. The molecule has 1 N–H and O–H groups in total. The number of methoxy groups -OCH3 is 4. The summed E-state index contributed by atoms with van der Waals surface area (Å²) in [6, 6.07) is 24.5. The predicted octanol–water partition coefficient (Wildman–Crippen LogP) is 5.46. The standard InChI is InChI=1S/C36H40BrN3O8S/c1-6-38-36(42)31(20-25-10-8-7-9-11-25)39(23-26-12-14-27(37)15-13-26)35(41)24-40(30-21-28(45-2)16-18-32(30)46-3)49(43,44)29-17-19-33(47-4)34(22-29)48-5/h7-19,21-22,31H,6,20,23-24H2,1-5H3,(H,38,42)/t31-/m0/s1. The number of nitrogens with one attached hydrogen (secondary N) is 1. The first kappa shape index (κ1) is 37.1. The number of amides is 2. The molecule has 0 aliphatic carbocycles. The maximum Gasteiger partial charge on any atom is 0.265 e. The Kier molecular flexibility index (Phi) is 12.9. The smallest absolute Gasteiger partial charge is 0.265 e. The second-order valence-corrected chi connectivity index (χ2v) is 13.6. The van der Waals surface area contributed by atoms with Crippen molar-refractivity contribution < 1.29 is 37.0 Å². The van der Waals surface area contributed by atoms with E-state index in [2.05, 4.69) is 21.2 Å². The zero-order valence-electron chi connectivity index (χ0n) is 28.0. The molecule has 49 heavy (non-hydrogen) atoms. The first-order valence-corrected chi connectivity index (χ1v) is 17.6. The summed E-state index contributed by atoms with van der Waals surface area (Å²) in [4.78, 5) is 29.7. The van der Waals surface area contributed by atoms with Gasteiger partial charge in [-0.2, -0.15) is 0 Å². The Morgan fingerprint density at radius 1 is 0.776 bits per heavy atom. The Morgan fingerprint density at radius 3 is 2.04 bits per heavy atom. The van der Waals surface area contributed by atoms with Crippen molar-refractivity contribution in [1.29, 1.82) is 0 Å². The van der Waals surface area contributed by atoms with Crippen LogP contribution in [0.3, 0.4) is 0 Å². The average molecular weight is 755 g/mol. The lowest BCUT2D eigenvalue weighted by Gasteiger charge is -2.34. The van der Waals surface area contributed by atoms with Gasteiger partial charge in [-0.25, -0.2) is 8.42 Å². The van der Waals surface area contributed by atoms with Crippen molar-refractivity contribution in [2.24, 2.45) is 0 Å². The fraction of sp³-hybridized carbons (Fsp3) is 0.278. The number of ether oxygens (including phenoxy) is 4. The topological polar surface area (TPSA) is 124 Å². The molecular weight excluding hydrogens is 714 g/mol. The molecule has 4 rings (SSSR count). The van der Waals surface area contributed by atoms with Crippen LogP contribution in [0, 0.1) is 0 Å². The van der Waals surface area contributed by atoms with E-state index in [-0.39, 0.29) is 41.0 Å². The zero-order valence-corrected chi connectivity index (χ0v) is 30.4. The number of carbonyl (C=O) groups excluding carboxylic acids is 2. The van der Waals surface area contributed by atoms with Crippen molar-refractivity contribution in [2.75, 3.05) is 45.8 Å². The second-order valence-electron chi connectivity index (χ2n) is 10.8. The van der Waals surface area contributed by atoms with Crippen LogP contribution in [-0.2, 0) is 32.6 Å². The summed E-state index contributed by atoms with van der Waals surface area (Å²) < 4.78 is 52.7. The van der Waals surface area contributed by atoms with Crippen LogP contribution in [0.1, 0.15) is 18.1 Å². The molecule has 11 nitrogen and oxygen atoms in total. The second kappa shape index (κ2) is 17.1. The Hall–Kier alpha value is -4.75. The third-order valence-electron chi connectivity index (χ3n) is 7.76. The minimum atomic E-state index is -4.48. The summed E-state index contributed by atoms with van der Waals surface area (Å²) in [6.07, 6.45) is 0.194. The highest BCUT2D eigenvalue weighted by atomic mass is 79.9. The van der Waals surface area contributed by atoms with E-state index in [1.54, 1.807) is 19.1 Å². The van der Waals surface area contributed by atoms with Crippen molar-refractivity contribution in [3.63, 3.8) is 0 Å². The lowest BCUT2D eigenvalue weighted by Crippen LogP contribution is -2.53. The van der Waals surface area contributed by atoms with Gasteiger partial charge in [0, 0.05) is 36.1 Å². The summed E-state index contributed by atoms with van der Waals surface area (Å²) in [5.41, 5.74) is 1.63. The molecule has 260 valence electrons. The van der Waals surface area contributed by atoms with Gasteiger partial charge in [0.15, 0.2) is 11.5 Å². The molecule has 4 aromatic rings. The Morgan fingerprint density at radius 2 is 1.43 bits per heavy atom. The largest absolute Gasteiger partial charge is 0.497 e. The monoisotopic (exact) mass is 753 g/mol. The number of sulfonamides is 1. The van der Waals surface area contributed by atoms with Crippen molar-refractivity contribution in [3.8, 4) is 23.0 Å². The van der Waals surface area contributed by atoms with Gasteiger partial charge in [0.1, 0.15) is 24.1 Å². The molecule has 0 spiro atoms. The average Bonchev–Trinajstić information content (AvgIpc) is 3.12. The molecule has 0 radical (unpaired) electrons. The van der Waals surface area contributed by atoms with Crippen molar-refractivity contribution >= 4 is 43.5 Å². The fourth-order valence-electron chi connectivity index (χ4n) is 5.24. The van der Waals surface area contributed by atoms with E-state index >= 15 is 0 Å². The van der Waals surface area contributed by atoms with Gasteiger partial charge in [0.25, 0.3) is 10.0 Å². The van der Waals surface area contributed by atoms with E-state index in [1.165, 1.54) is 57.6 Å². The van der Waals surface area contributed by atoms with E-state index in [4.69, 9.17) is 18.9 Å².